The first-order chi connectivity index (χ1) is 13.1. The minimum atomic E-state index is -0.791. The van der Waals surface area contributed by atoms with Crippen molar-refractivity contribution in [3.05, 3.63) is 60.8 Å². The van der Waals surface area contributed by atoms with Gasteiger partial charge >= 0.3 is 0 Å². The van der Waals surface area contributed by atoms with Gasteiger partial charge in [0.1, 0.15) is 0 Å². The second-order valence-electron chi connectivity index (χ2n) is 6.81. The van der Waals surface area contributed by atoms with Crippen molar-refractivity contribution in [1.82, 2.24) is 5.32 Å². The van der Waals surface area contributed by atoms with Crippen LogP contribution in [0.25, 0.3) is 0 Å². The van der Waals surface area contributed by atoms with Crippen molar-refractivity contribution in [3.63, 3.8) is 0 Å². The Morgan fingerprint density at radius 1 is 0.926 bits per heavy atom. The Labute approximate surface area is 166 Å². The fourth-order valence-corrected chi connectivity index (χ4v) is 2.51. The molecule has 0 saturated carbocycles. The van der Waals surface area contributed by atoms with E-state index < -0.39 is 5.60 Å². The van der Waals surface area contributed by atoms with E-state index in [2.05, 4.69) is 18.3 Å². The molecule has 0 radical (unpaired) electrons. The summed E-state index contributed by atoms with van der Waals surface area (Å²) in [6.45, 7) is 6.45. The number of nitrogens with one attached hydrogen (secondary N) is 1. The molecule has 1 amide bonds. The van der Waals surface area contributed by atoms with Gasteiger partial charge in [-0.3, -0.25) is 4.79 Å². The van der Waals surface area contributed by atoms with E-state index in [1.54, 1.807) is 6.08 Å². The number of amides is 1. The second kappa shape index (κ2) is 17.5. The van der Waals surface area contributed by atoms with Crippen LogP contribution in [0.3, 0.4) is 0 Å². The quantitative estimate of drug-likeness (QED) is 0.217. The highest BCUT2D eigenvalue weighted by molar-refractivity contribution is 5.87. The number of rotatable bonds is 15. The number of carbonyl (C=O) groups is 1. The van der Waals surface area contributed by atoms with Crippen LogP contribution in [-0.4, -0.2) is 23.2 Å². The number of hydrogen-bond donors (Lipinski definition) is 2. The van der Waals surface area contributed by atoms with Gasteiger partial charge in [0.2, 0.25) is 5.91 Å². The van der Waals surface area contributed by atoms with Gasteiger partial charge in [-0.25, -0.2) is 0 Å². The van der Waals surface area contributed by atoms with Crippen molar-refractivity contribution in [2.24, 2.45) is 0 Å². The Hall–Kier alpha value is -1.87. The third-order valence-corrected chi connectivity index (χ3v) is 4.40. The standard InChI is InChI=1S/C24H39NO2/c1-4-7-9-11-12-13-14-15-16-17-18-20-23(26)25-22-24(27,6-3)21-19-10-8-5-2/h4,7,9,11-13,16-18,20,27H,5-6,8,10,14-15,19,21-22H2,1-3H3,(H,25,26). The summed E-state index contributed by atoms with van der Waals surface area (Å²) in [5.41, 5.74) is -0.791. The van der Waals surface area contributed by atoms with Gasteiger partial charge in [0.15, 0.2) is 0 Å². The molecule has 0 saturated heterocycles. The molecule has 0 aromatic heterocycles. The number of hydrogen-bond acceptors (Lipinski definition) is 2. The molecule has 3 nitrogen and oxygen atoms in total. The highest BCUT2D eigenvalue weighted by Gasteiger charge is 2.24. The van der Waals surface area contributed by atoms with Crippen LogP contribution >= 0.6 is 0 Å². The summed E-state index contributed by atoms with van der Waals surface area (Å²) >= 11 is 0. The number of aliphatic hydroxyl groups is 1. The van der Waals surface area contributed by atoms with Crippen LogP contribution in [0.15, 0.2) is 60.8 Å². The van der Waals surface area contributed by atoms with E-state index in [1.165, 1.54) is 18.9 Å². The molecule has 0 aromatic carbocycles. The van der Waals surface area contributed by atoms with Crippen molar-refractivity contribution in [3.8, 4) is 0 Å². The first-order valence-corrected chi connectivity index (χ1v) is 10.4. The smallest absolute Gasteiger partial charge is 0.244 e. The van der Waals surface area contributed by atoms with Gasteiger partial charge in [0.25, 0.3) is 0 Å². The maximum Gasteiger partial charge on any atom is 0.244 e. The van der Waals surface area contributed by atoms with E-state index in [4.69, 9.17) is 0 Å². The molecule has 2 N–H and O–H groups in total. The third-order valence-electron chi connectivity index (χ3n) is 4.40. The molecule has 3 heteroatoms. The summed E-state index contributed by atoms with van der Waals surface area (Å²) in [6, 6.07) is 0. The molecule has 1 atom stereocenters. The van der Waals surface area contributed by atoms with E-state index in [-0.39, 0.29) is 5.91 Å². The number of unbranched alkanes of at least 4 members (excludes halogenated alkanes) is 4. The van der Waals surface area contributed by atoms with Crippen LogP contribution in [0.1, 0.15) is 72.1 Å². The van der Waals surface area contributed by atoms with Crippen molar-refractivity contribution in [2.45, 2.75) is 77.7 Å². The minimum Gasteiger partial charge on any atom is -0.388 e. The average molecular weight is 374 g/mol. The minimum absolute atomic E-state index is 0.158. The zero-order valence-electron chi connectivity index (χ0n) is 17.5. The van der Waals surface area contributed by atoms with Crippen LogP contribution in [0.4, 0.5) is 0 Å². The molecule has 0 bridgehead atoms. The maximum absolute atomic E-state index is 11.9. The van der Waals surface area contributed by atoms with Crippen LogP contribution < -0.4 is 5.32 Å². The molecular formula is C24H39NO2. The van der Waals surface area contributed by atoms with Crippen molar-refractivity contribution in [2.75, 3.05) is 6.54 Å². The Kier molecular flexibility index (Phi) is 16.3. The second-order valence-corrected chi connectivity index (χ2v) is 6.81. The molecule has 0 aliphatic rings. The van der Waals surface area contributed by atoms with Gasteiger partial charge in [0.05, 0.1) is 5.60 Å². The molecule has 0 fully saturated rings. The highest BCUT2D eigenvalue weighted by Crippen LogP contribution is 2.18. The zero-order valence-corrected chi connectivity index (χ0v) is 17.5. The van der Waals surface area contributed by atoms with Gasteiger partial charge in [0, 0.05) is 12.6 Å². The average Bonchev–Trinajstić information content (AvgIpc) is 2.68. The van der Waals surface area contributed by atoms with Crippen molar-refractivity contribution in [1.29, 1.82) is 0 Å². The van der Waals surface area contributed by atoms with Crippen LogP contribution in [0.2, 0.25) is 0 Å². The Morgan fingerprint density at radius 2 is 1.59 bits per heavy atom. The fourth-order valence-electron chi connectivity index (χ4n) is 2.51. The van der Waals surface area contributed by atoms with E-state index >= 15 is 0 Å². The largest absolute Gasteiger partial charge is 0.388 e. The number of allylic oxidation sites excluding steroid dienone is 9. The van der Waals surface area contributed by atoms with E-state index in [0.717, 1.165) is 32.1 Å². The molecule has 152 valence electrons. The lowest BCUT2D eigenvalue weighted by molar-refractivity contribution is -0.117. The molecule has 0 rings (SSSR count). The van der Waals surface area contributed by atoms with Crippen LogP contribution in [-0.2, 0) is 4.79 Å². The molecule has 0 aliphatic carbocycles. The third kappa shape index (κ3) is 16.1. The molecule has 0 heterocycles. The summed E-state index contributed by atoms with van der Waals surface area (Å²) in [6.07, 6.45) is 27.2. The summed E-state index contributed by atoms with van der Waals surface area (Å²) in [5, 5.41) is 13.4. The summed E-state index contributed by atoms with van der Waals surface area (Å²) in [7, 11) is 0. The summed E-state index contributed by atoms with van der Waals surface area (Å²) < 4.78 is 0. The molecular weight excluding hydrogens is 334 g/mol. The molecule has 1 unspecified atom stereocenters. The lowest BCUT2D eigenvalue weighted by Crippen LogP contribution is -2.42. The van der Waals surface area contributed by atoms with Gasteiger partial charge in [-0.15, -0.1) is 0 Å². The maximum atomic E-state index is 11.9. The molecule has 0 aliphatic heterocycles. The number of carbonyl (C=O) groups excluding carboxylic acids is 1. The molecule has 0 spiro atoms. The van der Waals surface area contributed by atoms with Gasteiger partial charge < -0.3 is 10.4 Å². The Balaban J connectivity index is 4.01. The monoisotopic (exact) mass is 373 g/mol. The predicted octanol–water partition coefficient (Wildman–Crippen LogP) is 5.80. The summed E-state index contributed by atoms with van der Waals surface area (Å²) in [5.74, 6) is -0.158. The van der Waals surface area contributed by atoms with Crippen LogP contribution in [0.5, 0.6) is 0 Å². The van der Waals surface area contributed by atoms with E-state index in [9.17, 15) is 9.90 Å². The van der Waals surface area contributed by atoms with Gasteiger partial charge in [-0.05, 0) is 32.6 Å². The fraction of sp³-hybridized carbons (Fsp3) is 0.542. The Bertz CT molecular complexity index is 514. The lowest BCUT2D eigenvalue weighted by atomic mass is 9.93. The normalized spacial score (nSPS) is 15.0. The van der Waals surface area contributed by atoms with Crippen LogP contribution in [0, 0.1) is 0 Å². The van der Waals surface area contributed by atoms with Gasteiger partial charge in [-0.2, -0.15) is 0 Å². The topological polar surface area (TPSA) is 49.3 Å². The zero-order chi connectivity index (χ0) is 20.2. The first-order valence-electron chi connectivity index (χ1n) is 10.4. The van der Waals surface area contributed by atoms with E-state index in [0.29, 0.717) is 13.0 Å². The predicted molar refractivity (Wildman–Crippen MR) is 118 cm³/mol. The van der Waals surface area contributed by atoms with Crippen molar-refractivity contribution >= 4 is 5.91 Å². The molecule has 0 aromatic rings. The van der Waals surface area contributed by atoms with Gasteiger partial charge in [-0.1, -0.05) is 94.2 Å². The Morgan fingerprint density at radius 3 is 2.22 bits per heavy atom. The van der Waals surface area contributed by atoms with E-state index in [1.807, 2.05) is 56.4 Å². The first kappa shape index (κ1) is 25.1. The summed E-state index contributed by atoms with van der Waals surface area (Å²) in [4.78, 5) is 11.9. The van der Waals surface area contributed by atoms with Crippen molar-refractivity contribution < 1.29 is 9.90 Å². The SMILES string of the molecule is CC=CC=CC=CCCC=CC=CC(=O)NCC(O)(CC)CCCCCC. The highest BCUT2D eigenvalue weighted by atomic mass is 16.3. The molecule has 27 heavy (non-hydrogen) atoms. The lowest BCUT2D eigenvalue weighted by Gasteiger charge is -2.26.